The molecule has 1 unspecified atom stereocenters. The fraction of sp³-hybridized carbons (Fsp3) is 0.172. The molecule has 0 spiro atoms. The Morgan fingerprint density at radius 1 is 1.00 bits per heavy atom. The summed E-state index contributed by atoms with van der Waals surface area (Å²) < 4.78 is 11.1. The van der Waals surface area contributed by atoms with Gasteiger partial charge in [-0.3, -0.25) is 9.59 Å². The molecule has 0 aliphatic carbocycles. The van der Waals surface area contributed by atoms with Crippen LogP contribution >= 0.6 is 0 Å². The molecule has 1 atom stereocenters. The second kappa shape index (κ2) is 11.3. The van der Waals surface area contributed by atoms with Crippen molar-refractivity contribution in [3.63, 3.8) is 0 Å². The monoisotopic (exact) mass is 469 g/mol. The maximum Gasteiger partial charge on any atom is 0.290 e. The van der Waals surface area contributed by atoms with Crippen LogP contribution in [0.2, 0.25) is 0 Å². The lowest BCUT2D eigenvalue weighted by Gasteiger charge is -2.26. The van der Waals surface area contributed by atoms with Crippen molar-refractivity contribution in [1.29, 1.82) is 0 Å². The molecule has 1 aliphatic heterocycles. The average Bonchev–Trinajstić information content (AvgIpc) is 3.15. The zero-order valence-corrected chi connectivity index (χ0v) is 19.5. The molecule has 1 aliphatic rings. The number of carbonyl (C=O) groups is 2. The van der Waals surface area contributed by atoms with Crippen LogP contribution in [-0.4, -0.2) is 42.0 Å². The second-order valence-electron chi connectivity index (χ2n) is 8.11. The van der Waals surface area contributed by atoms with Gasteiger partial charge in [0.2, 0.25) is 0 Å². The highest BCUT2D eigenvalue weighted by molar-refractivity contribution is 6.14. The minimum Gasteiger partial charge on any atom is -0.503 e. The van der Waals surface area contributed by atoms with Gasteiger partial charge in [0, 0.05) is 13.7 Å². The summed E-state index contributed by atoms with van der Waals surface area (Å²) in [5.74, 6) is -0.965. The first-order valence-corrected chi connectivity index (χ1v) is 11.4. The maximum absolute atomic E-state index is 13.2. The van der Waals surface area contributed by atoms with Gasteiger partial charge in [0.25, 0.3) is 5.91 Å². The van der Waals surface area contributed by atoms with Crippen LogP contribution in [0.1, 0.15) is 22.7 Å². The van der Waals surface area contributed by atoms with Crippen molar-refractivity contribution in [1.82, 2.24) is 4.90 Å². The van der Waals surface area contributed by atoms with E-state index in [1.54, 1.807) is 12.1 Å². The highest BCUT2D eigenvalue weighted by atomic mass is 16.5. The molecule has 1 heterocycles. The highest BCUT2D eigenvalue weighted by Crippen LogP contribution is 2.39. The Morgan fingerprint density at radius 3 is 2.43 bits per heavy atom. The second-order valence-corrected chi connectivity index (χ2v) is 8.11. The zero-order chi connectivity index (χ0) is 24.6. The lowest BCUT2D eigenvalue weighted by molar-refractivity contribution is -0.130. The molecule has 4 rings (SSSR count). The third-order valence-corrected chi connectivity index (χ3v) is 5.75. The molecule has 0 fully saturated rings. The minimum absolute atomic E-state index is 0.0403. The Balaban J connectivity index is 1.63. The molecule has 35 heavy (non-hydrogen) atoms. The van der Waals surface area contributed by atoms with Gasteiger partial charge >= 0.3 is 0 Å². The maximum atomic E-state index is 13.2. The van der Waals surface area contributed by atoms with Crippen LogP contribution in [0.4, 0.5) is 0 Å². The van der Waals surface area contributed by atoms with Gasteiger partial charge in [-0.25, -0.2) is 0 Å². The summed E-state index contributed by atoms with van der Waals surface area (Å²) >= 11 is 0. The zero-order valence-electron chi connectivity index (χ0n) is 19.5. The molecule has 0 bridgehead atoms. The Labute approximate surface area is 204 Å². The summed E-state index contributed by atoms with van der Waals surface area (Å²) in [6, 6.07) is 25.6. The van der Waals surface area contributed by atoms with Crippen LogP contribution in [0, 0.1) is 0 Å². The van der Waals surface area contributed by atoms with Gasteiger partial charge in [0.05, 0.1) is 18.2 Å². The Hall–Kier alpha value is -4.16. The number of nitrogens with zero attached hydrogens (tertiary/aromatic N) is 1. The van der Waals surface area contributed by atoms with E-state index in [0.29, 0.717) is 17.9 Å². The van der Waals surface area contributed by atoms with E-state index in [9.17, 15) is 14.7 Å². The van der Waals surface area contributed by atoms with Crippen molar-refractivity contribution >= 4 is 17.8 Å². The largest absolute Gasteiger partial charge is 0.503 e. The molecule has 0 radical (unpaired) electrons. The van der Waals surface area contributed by atoms with Crippen molar-refractivity contribution in [2.24, 2.45) is 0 Å². The van der Waals surface area contributed by atoms with Crippen LogP contribution in [0.15, 0.2) is 102 Å². The van der Waals surface area contributed by atoms with Gasteiger partial charge in [-0.05, 0) is 34.9 Å². The van der Waals surface area contributed by atoms with Gasteiger partial charge in [-0.15, -0.1) is 0 Å². The summed E-state index contributed by atoms with van der Waals surface area (Å²) in [5.41, 5.74) is 2.57. The fourth-order valence-corrected chi connectivity index (χ4v) is 4.01. The van der Waals surface area contributed by atoms with Crippen molar-refractivity contribution in [2.45, 2.75) is 12.6 Å². The topological polar surface area (TPSA) is 76.1 Å². The van der Waals surface area contributed by atoms with E-state index in [-0.39, 0.29) is 18.7 Å². The summed E-state index contributed by atoms with van der Waals surface area (Å²) in [6.07, 6.45) is 3.05. The van der Waals surface area contributed by atoms with Gasteiger partial charge < -0.3 is 19.5 Å². The summed E-state index contributed by atoms with van der Waals surface area (Å²) in [4.78, 5) is 27.6. The first-order valence-electron chi connectivity index (χ1n) is 11.4. The molecule has 1 N–H and O–H groups in total. The summed E-state index contributed by atoms with van der Waals surface area (Å²) in [7, 11) is 1.54. The summed E-state index contributed by atoms with van der Waals surface area (Å²) in [5, 5.41) is 10.7. The van der Waals surface area contributed by atoms with E-state index in [1.807, 2.05) is 78.9 Å². The first-order chi connectivity index (χ1) is 17.1. The normalized spacial score (nSPS) is 15.7. The molecule has 0 saturated heterocycles. The Bertz CT molecular complexity index is 1230. The number of amides is 1. The van der Waals surface area contributed by atoms with Gasteiger partial charge in [-0.2, -0.15) is 0 Å². The number of ketones is 1. The van der Waals surface area contributed by atoms with E-state index in [4.69, 9.17) is 9.47 Å². The SMILES string of the molecule is COCCN1C(=O)C(O)=C(C(=O)C=Cc2ccccc2)C1c1cccc(OCc2ccccc2)c1. The quantitative estimate of drug-likeness (QED) is 0.428. The number of allylic oxidation sites excluding steroid dienone is 1. The molecule has 0 saturated carbocycles. The third kappa shape index (κ3) is 5.67. The van der Waals surface area contributed by atoms with Crippen LogP contribution in [0.25, 0.3) is 6.08 Å². The van der Waals surface area contributed by atoms with Crippen molar-refractivity contribution < 1.29 is 24.2 Å². The molecular formula is C29H27NO5. The van der Waals surface area contributed by atoms with Gasteiger partial charge in [-0.1, -0.05) is 78.9 Å². The number of benzene rings is 3. The molecule has 3 aromatic rings. The Kier molecular flexibility index (Phi) is 7.75. The number of hydrogen-bond donors (Lipinski definition) is 1. The van der Waals surface area contributed by atoms with Gasteiger partial charge in [0.1, 0.15) is 12.4 Å². The van der Waals surface area contributed by atoms with Gasteiger partial charge in [0.15, 0.2) is 11.5 Å². The molecule has 0 aromatic heterocycles. The predicted octanol–water partition coefficient (Wildman–Crippen LogP) is 4.89. The highest BCUT2D eigenvalue weighted by Gasteiger charge is 2.42. The predicted molar refractivity (Wildman–Crippen MR) is 134 cm³/mol. The molecule has 178 valence electrons. The number of aliphatic hydroxyl groups is 1. The van der Waals surface area contributed by atoms with E-state index in [0.717, 1.165) is 11.1 Å². The van der Waals surface area contributed by atoms with Crippen LogP contribution in [0.5, 0.6) is 5.75 Å². The smallest absolute Gasteiger partial charge is 0.290 e. The van der Waals surface area contributed by atoms with Crippen LogP contribution < -0.4 is 4.74 Å². The molecular weight excluding hydrogens is 442 g/mol. The van der Waals surface area contributed by atoms with Crippen molar-refractivity contribution in [2.75, 3.05) is 20.3 Å². The van der Waals surface area contributed by atoms with Crippen LogP contribution in [0.3, 0.4) is 0 Å². The Morgan fingerprint density at radius 2 is 1.71 bits per heavy atom. The van der Waals surface area contributed by atoms with E-state index >= 15 is 0 Å². The summed E-state index contributed by atoms with van der Waals surface area (Å²) in [6.45, 7) is 0.868. The molecule has 3 aromatic carbocycles. The number of methoxy groups -OCH3 is 1. The molecule has 1 amide bonds. The number of aliphatic hydroxyl groups excluding tert-OH is 1. The van der Waals surface area contributed by atoms with E-state index in [1.165, 1.54) is 18.1 Å². The lowest BCUT2D eigenvalue weighted by Crippen LogP contribution is -2.33. The number of rotatable bonds is 10. The number of hydrogen-bond acceptors (Lipinski definition) is 5. The van der Waals surface area contributed by atoms with E-state index in [2.05, 4.69) is 0 Å². The first kappa shape index (κ1) is 24.0. The van der Waals surface area contributed by atoms with Crippen molar-refractivity contribution in [3.05, 3.63) is 119 Å². The molecule has 6 nitrogen and oxygen atoms in total. The third-order valence-electron chi connectivity index (χ3n) is 5.75. The fourth-order valence-electron chi connectivity index (χ4n) is 4.01. The van der Waals surface area contributed by atoms with Crippen molar-refractivity contribution in [3.8, 4) is 5.75 Å². The van der Waals surface area contributed by atoms with E-state index < -0.39 is 23.5 Å². The standard InChI is InChI=1S/C29H27NO5/c1-34-18-17-30-27(23-13-8-14-24(19-23)35-20-22-11-6-3-7-12-22)26(28(32)29(30)33)25(31)16-15-21-9-4-2-5-10-21/h2-16,19,27,32H,17-18,20H2,1H3. The number of carbonyl (C=O) groups excluding carboxylic acids is 2. The molecule has 6 heteroatoms. The minimum atomic E-state index is -0.758. The van der Waals surface area contributed by atoms with Crippen LogP contribution in [-0.2, 0) is 20.9 Å². The lowest BCUT2D eigenvalue weighted by atomic mass is 9.95. The number of ether oxygens (including phenoxy) is 2. The average molecular weight is 470 g/mol.